The number of carbonyl (C=O) groups excluding carboxylic acids is 1. The molecule has 1 aliphatic carbocycles. The number of carbonyl (C=O) groups is 1. The molecule has 0 bridgehead atoms. The van der Waals surface area contributed by atoms with Crippen molar-refractivity contribution < 1.29 is 4.79 Å². The van der Waals surface area contributed by atoms with Crippen LogP contribution in [0.15, 0.2) is 18.2 Å². The Balaban J connectivity index is 2.24. The number of rotatable bonds is 3. The number of hydrogen-bond acceptors (Lipinski definition) is 2. The van der Waals surface area contributed by atoms with Gasteiger partial charge in [0.25, 0.3) is 0 Å². The van der Waals surface area contributed by atoms with Gasteiger partial charge in [-0.15, -0.1) is 0 Å². The molecule has 0 spiro atoms. The van der Waals surface area contributed by atoms with Crippen molar-refractivity contribution >= 4 is 5.78 Å². The predicted molar refractivity (Wildman–Crippen MR) is 70.1 cm³/mol. The van der Waals surface area contributed by atoms with Crippen LogP contribution in [0.25, 0.3) is 0 Å². The van der Waals surface area contributed by atoms with Crippen LogP contribution in [0.5, 0.6) is 0 Å². The Morgan fingerprint density at radius 1 is 1.35 bits per heavy atom. The van der Waals surface area contributed by atoms with E-state index in [1.807, 2.05) is 19.1 Å². The van der Waals surface area contributed by atoms with Gasteiger partial charge >= 0.3 is 0 Å². The number of Topliss-reactive ketones (excluding diaryl/α,β-unsaturated/α-hetero) is 1. The number of nitrogens with two attached hydrogens (primary N) is 1. The van der Waals surface area contributed by atoms with Crippen molar-refractivity contribution in [3.05, 3.63) is 34.9 Å². The van der Waals surface area contributed by atoms with Gasteiger partial charge < -0.3 is 5.73 Å². The third kappa shape index (κ3) is 2.42. The highest BCUT2D eigenvalue weighted by atomic mass is 16.1. The van der Waals surface area contributed by atoms with Gasteiger partial charge in [-0.2, -0.15) is 0 Å². The summed E-state index contributed by atoms with van der Waals surface area (Å²) in [5.41, 5.74) is 8.94. The lowest BCUT2D eigenvalue weighted by molar-refractivity contribution is 0.0893. The second-order valence-corrected chi connectivity index (χ2v) is 5.22. The lowest BCUT2D eigenvalue weighted by Gasteiger charge is -2.17. The molecule has 1 saturated carbocycles. The Morgan fingerprint density at radius 3 is 2.76 bits per heavy atom. The first-order chi connectivity index (χ1) is 8.13. The fourth-order valence-electron chi connectivity index (χ4n) is 2.95. The van der Waals surface area contributed by atoms with Gasteiger partial charge in [-0.1, -0.05) is 30.2 Å². The first-order valence-corrected chi connectivity index (χ1v) is 6.45. The zero-order valence-electron chi connectivity index (χ0n) is 10.7. The van der Waals surface area contributed by atoms with E-state index in [-0.39, 0.29) is 5.92 Å². The number of hydrogen-bond donors (Lipinski definition) is 1. The third-order valence-electron chi connectivity index (χ3n) is 3.95. The molecular formula is C15H21NO. The van der Waals surface area contributed by atoms with E-state index in [2.05, 4.69) is 13.0 Å². The molecule has 0 heterocycles. The zero-order chi connectivity index (χ0) is 12.4. The maximum absolute atomic E-state index is 12.5. The highest BCUT2D eigenvalue weighted by Gasteiger charge is 2.32. The summed E-state index contributed by atoms with van der Waals surface area (Å²) in [6.07, 6.45) is 3.26. The summed E-state index contributed by atoms with van der Waals surface area (Å²) in [6, 6.07) is 6.07. The van der Waals surface area contributed by atoms with Gasteiger partial charge in [0.15, 0.2) is 5.78 Å². The van der Waals surface area contributed by atoms with E-state index < -0.39 is 0 Å². The molecule has 2 nitrogen and oxygen atoms in total. The zero-order valence-corrected chi connectivity index (χ0v) is 10.7. The van der Waals surface area contributed by atoms with Gasteiger partial charge in [0, 0.05) is 11.5 Å². The lowest BCUT2D eigenvalue weighted by atomic mass is 9.86. The van der Waals surface area contributed by atoms with E-state index in [1.165, 1.54) is 5.56 Å². The first kappa shape index (κ1) is 12.3. The van der Waals surface area contributed by atoms with Gasteiger partial charge in [0.05, 0.1) is 0 Å². The van der Waals surface area contributed by atoms with Crippen LogP contribution in [-0.2, 0) is 0 Å². The largest absolute Gasteiger partial charge is 0.330 e. The Bertz CT molecular complexity index is 425. The van der Waals surface area contributed by atoms with E-state index >= 15 is 0 Å². The Kier molecular flexibility index (Phi) is 3.63. The molecule has 2 N–H and O–H groups in total. The maximum Gasteiger partial charge on any atom is 0.166 e. The fourth-order valence-corrected chi connectivity index (χ4v) is 2.95. The smallest absolute Gasteiger partial charge is 0.166 e. The van der Waals surface area contributed by atoms with Crippen LogP contribution in [0.4, 0.5) is 0 Å². The molecule has 2 unspecified atom stereocenters. The van der Waals surface area contributed by atoms with Gasteiger partial charge in [-0.3, -0.25) is 4.79 Å². The predicted octanol–water partition coefficient (Wildman–Crippen LogP) is 2.86. The third-order valence-corrected chi connectivity index (χ3v) is 3.95. The summed E-state index contributed by atoms with van der Waals surface area (Å²) >= 11 is 0. The number of ketones is 1. The van der Waals surface area contributed by atoms with Gasteiger partial charge in [0.2, 0.25) is 0 Å². The summed E-state index contributed by atoms with van der Waals surface area (Å²) in [5.74, 6) is 0.847. The molecule has 2 atom stereocenters. The summed E-state index contributed by atoms with van der Waals surface area (Å²) in [5, 5.41) is 0. The molecule has 1 aromatic carbocycles. The van der Waals surface area contributed by atoms with Gasteiger partial charge in [-0.25, -0.2) is 0 Å². The molecule has 0 aromatic heterocycles. The van der Waals surface area contributed by atoms with Crippen molar-refractivity contribution in [1.29, 1.82) is 0 Å². The van der Waals surface area contributed by atoms with Crippen molar-refractivity contribution in [2.75, 3.05) is 6.54 Å². The number of benzene rings is 1. The van der Waals surface area contributed by atoms with E-state index in [4.69, 9.17) is 5.73 Å². The molecule has 2 rings (SSSR count). The second-order valence-electron chi connectivity index (χ2n) is 5.22. The fraction of sp³-hybridized carbons (Fsp3) is 0.533. The Morgan fingerprint density at radius 2 is 2.12 bits per heavy atom. The van der Waals surface area contributed by atoms with Gasteiger partial charge in [0.1, 0.15) is 0 Å². The molecule has 17 heavy (non-hydrogen) atoms. The lowest BCUT2D eigenvalue weighted by Crippen LogP contribution is -2.25. The average molecular weight is 231 g/mol. The Labute approximate surface area is 103 Å². The molecule has 1 aromatic rings. The number of aryl methyl sites for hydroxylation is 2. The van der Waals surface area contributed by atoms with Crippen LogP contribution >= 0.6 is 0 Å². The van der Waals surface area contributed by atoms with Crippen LogP contribution in [0.1, 0.15) is 40.7 Å². The van der Waals surface area contributed by atoms with Crippen LogP contribution in [0, 0.1) is 25.7 Å². The molecule has 1 aliphatic rings. The quantitative estimate of drug-likeness (QED) is 0.813. The normalized spacial score (nSPS) is 23.9. The van der Waals surface area contributed by atoms with E-state index in [9.17, 15) is 4.79 Å². The minimum Gasteiger partial charge on any atom is -0.330 e. The molecule has 1 fully saturated rings. The monoisotopic (exact) mass is 231 g/mol. The van der Waals surface area contributed by atoms with Crippen LogP contribution in [-0.4, -0.2) is 12.3 Å². The Hall–Kier alpha value is -1.15. The van der Waals surface area contributed by atoms with Crippen molar-refractivity contribution in [2.45, 2.75) is 33.1 Å². The molecule has 2 heteroatoms. The summed E-state index contributed by atoms with van der Waals surface area (Å²) in [6.45, 7) is 4.72. The topological polar surface area (TPSA) is 43.1 Å². The van der Waals surface area contributed by atoms with Crippen molar-refractivity contribution in [2.24, 2.45) is 17.6 Å². The minimum absolute atomic E-state index is 0.154. The molecule has 92 valence electrons. The highest BCUT2D eigenvalue weighted by Crippen LogP contribution is 2.34. The van der Waals surface area contributed by atoms with Crippen molar-refractivity contribution in [1.82, 2.24) is 0 Å². The van der Waals surface area contributed by atoms with E-state index in [0.29, 0.717) is 18.2 Å². The summed E-state index contributed by atoms with van der Waals surface area (Å²) in [4.78, 5) is 12.5. The summed E-state index contributed by atoms with van der Waals surface area (Å²) < 4.78 is 0. The van der Waals surface area contributed by atoms with Crippen LogP contribution < -0.4 is 5.73 Å². The summed E-state index contributed by atoms with van der Waals surface area (Å²) in [7, 11) is 0. The first-order valence-electron chi connectivity index (χ1n) is 6.45. The van der Waals surface area contributed by atoms with Crippen molar-refractivity contribution in [3.8, 4) is 0 Å². The molecule has 0 saturated heterocycles. The van der Waals surface area contributed by atoms with Crippen LogP contribution in [0.3, 0.4) is 0 Å². The SMILES string of the molecule is Cc1ccc(C(=O)C2CCCC2CN)c(C)c1. The molecule has 0 amide bonds. The van der Waals surface area contributed by atoms with Gasteiger partial charge in [-0.05, 0) is 44.7 Å². The molecular weight excluding hydrogens is 210 g/mol. The minimum atomic E-state index is 0.154. The molecule has 0 aliphatic heterocycles. The molecule has 0 radical (unpaired) electrons. The van der Waals surface area contributed by atoms with E-state index in [0.717, 1.165) is 30.4 Å². The maximum atomic E-state index is 12.5. The highest BCUT2D eigenvalue weighted by molar-refractivity contribution is 5.99. The standard InChI is InChI=1S/C15H21NO/c1-10-6-7-13(11(2)8-10)15(17)14-5-3-4-12(14)9-16/h6-8,12,14H,3-5,9,16H2,1-2H3. The second kappa shape index (κ2) is 5.01. The average Bonchev–Trinajstić information content (AvgIpc) is 2.76. The van der Waals surface area contributed by atoms with E-state index in [1.54, 1.807) is 0 Å². The van der Waals surface area contributed by atoms with Crippen molar-refractivity contribution in [3.63, 3.8) is 0 Å². The van der Waals surface area contributed by atoms with Crippen LogP contribution in [0.2, 0.25) is 0 Å².